The van der Waals surface area contributed by atoms with Gasteiger partial charge >= 0.3 is 0 Å². The van der Waals surface area contributed by atoms with E-state index in [1.54, 1.807) is 0 Å². The lowest BCUT2D eigenvalue weighted by atomic mass is 10.1. The van der Waals surface area contributed by atoms with Gasteiger partial charge in [-0.1, -0.05) is 13.8 Å². The van der Waals surface area contributed by atoms with Crippen LogP contribution in [0.3, 0.4) is 0 Å². The average Bonchev–Trinajstić information content (AvgIpc) is 2.47. The van der Waals surface area contributed by atoms with Crippen LogP contribution in [0.25, 0.3) is 0 Å². The highest BCUT2D eigenvalue weighted by Crippen LogP contribution is 2.39. The van der Waals surface area contributed by atoms with E-state index in [-0.39, 0.29) is 37.1 Å². The summed E-state index contributed by atoms with van der Waals surface area (Å²) in [5, 5.41) is 19.8. The second-order valence-corrected chi connectivity index (χ2v) is 3.38. The summed E-state index contributed by atoms with van der Waals surface area (Å²) in [6.07, 6.45) is -0.546. The van der Waals surface area contributed by atoms with E-state index in [9.17, 15) is 10.1 Å². The van der Waals surface area contributed by atoms with Crippen molar-refractivity contribution in [2.24, 2.45) is 0 Å². The zero-order valence-electron chi connectivity index (χ0n) is 11.4. The minimum atomic E-state index is -0.559. The highest BCUT2D eigenvalue weighted by atomic mass is 16.6. The van der Waals surface area contributed by atoms with Gasteiger partial charge in [-0.05, 0) is 13.0 Å². The molecule has 0 spiro atoms. The van der Waals surface area contributed by atoms with Crippen LogP contribution in [0.2, 0.25) is 0 Å². The number of hydrogen-bond donors (Lipinski definition) is 1. The minimum absolute atomic E-state index is 0.166. The van der Waals surface area contributed by atoms with Gasteiger partial charge in [0.15, 0.2) is 17.6 Å². The van der Waals surface area contributed by atoms with Crippen molar-refractivity contribution in [3.8, 4) is 11.5 Å². The number of aliphatic hydroxyl groups excluding tert-OH is 1. The van der Waals surface area contributed by atoms with Crippen molar-refractivity contribution in [2.75, 3.05) is 13.2 Å². The number of aliphatic hydroxyl groups is 1. The first-order chi connectivity index (χ1) is 9.17. The molecular weight excluding hydrogens is 238 g/mol. The van der Waals surface area contributed by atoms with Crippen LogP contribution in [0.5, 0.6) is 11.5 Å². The summed E-state index contributed by atoms with van der Waals surface area (Å²) >= 11 is 0. The number of hydrogen-bond acceptors (Lipinski definition) is 5. The Balaban J connectivity index is 0.000000861. The molecule has 0 radical (unpaired) electrons. The van der Waals surface area contributed by atoms with Gasteiger partial charge in [-0.25, -0.2) is 0 Å². The summed E-state index contributed by atoms with van der Waals surface area (Å²) in [4.78, 5) is 10.2. The molecule has 1 N–H and O–H groups in total. The monoisotopic (exact) mass is 256 g/mol. The average molecular weight is 256 g/mol. The van der Waals surface area contributed by atoms with Gasteiger partial charge in [0.05, 0.1) is 17.1 Å². The van der Waals surface area contributed by atoms with Crippen molar-refractivity contribution < 1.29 is 20.9 Å². The van der Waals surface area contributed by atoms with E-state index in [2.05, 4.69) is 0 Å². The summed E-state index contributed by atoms with van der Waals surface area (Å²) in [6.45, 7) is 3.68. The molecule has 0 saturated carbocycles. The first-order valence-corrected chi connectivity index (χ1v) is 5.67. The Kier molecular flexibility index (Phi) is 4.35. The molecule has 1 aliphatic rings. The molecule has 0 aliphatic carbocycles. The quantitative estimate of drug-likeness (QED) is 0.647. The Morgan fingerprint density at radius 3 is 2.89 bits per heavy atom. The number of benzene rings is 1. The Hall–Kier alpha value is -1.82. The van der Waals surface area contributed by atoms with Crippen LogP contribution >= 0.6 is 0 Å². The molecule has 18 heavy (non-hydrogen) atoms. The van der Waals surface area contributed by atoms with Crippen LogP contribution in [0.15, 0.2) is 12.1 Å². The van der Waals surface area contributed by atoms with E-state index in [0.29, 0.717) is 5.75 Å². The molecule has 1 aliphatic heterocycles. The van der Waals surface area contributed by atoms with E-state index < -0.39 is 11.0 Å². The van der Waals surface area contributed by atoms with E-state index in [1.165, 1.54) is 12.1 Å². The molecule has 0 saturated heterocycles. The third-order valence-electron chi connectivity index (χ3n) is 2.31. The van der Waals surface area contributed by atoms with Gasteiger partial charge in [0, 0.05) is 7.44 Å². The Bertz CT molecular complexity index is 452. The molecule has 1 unspecified atom stereocenters. The first-order valence-electron chi connectivity index (χ1n) is 6.38. The standard InChI is InChI=1S/C10H11NO5.C2H6/c1-6-8(11(13)14)2-3-9-10(6)16-7(4-12)5-15-9;1-2/h2-3,7,12H,4-5H2,1H3;1-2H3/i1D;. The van der Waals surface area contributed by atoms with Crippen LogP contribution in [0.1, 0.15) is 20.8 Å². The van der Waals surface area contributed by atoms with Gasteiger partial charge in [0.2, 0.25) is 0 Å². The fraction of sp³-hybridized carbons (Fsp3) is 0.500. The van der Waals surface area contributed by atoms with E-state index in [0.717, 1.165) is 0 Å². The molecule has 6 nitrogen and oxygen atoms in total. The number of nitro groups is 1. The maximum absolute atomic E-state index is 10.8. The van der Waals surface area contributed by atoms with Crippen molar-refractivity contribution >= 4 is 5.69 Å². The molecule has 1 heterocycles. The van der Waals surface area contributed by atoms with E-state index >= 15 is 0 Å². The Labute approximate surface area is 107 Å². The molecule has 6 heteroatoms. The normalized spacial score (nSPS) is 17.3. The van der Waals surface area contributed by atoms with Gasteiger partial charge in [-0.2, -0.15) is 0 Å². The third kappa shape index (κ3) is 2.70. The summed E-state index contributed by atoms with van der Waals surface area (Å²) in [7, 11) is 0. The molecule has 2 rings (SSSR count). The Morgan fingerprint density at radius 2 is 2.33 bits per heavy atom. The number of fused-ring (bicyclic) bond motifs is 1. The third-order valence-corrected chi connectivity index (χ3v) is 2.31. The van der Waals surface area contributed by atoms with Crippen LogP contribution in [0, 0.1) is 17.0 Å². The van der Waals surface area contributed by atoms with Crippen LogP contribution in [0.4, 0.5) is 5.69 Å². The van der Waals surface area contributed by atoms with Crippen molar-refractivity contribution in [1.29, 1.82) is 0 Å². The fourth-order valence-corrected chi connectivity index (χ4v) is 1.48. The number of ether oxygens (including phenoxy) is 2. The van der Waals surface area contributed by atoms with Crippen LogP contribution in [-0.4, -0.2) is 29.3 Å². The van der Waals surface area contributed by atoms with Gasteiger partial charge in [0.25, 0.3) is 5.69 Å². The van der Waals surface area contributed by atoms with Gasteiger partial charge < -0.3 is 14.6 Å². The predicted molar refractivity (Wildman–Crippen MR) is 66.2 cm³/mol. The zero-order valence-corrected chi connectivity index (χ0v) is 10.4. The minimum Gasteiger partial charge on any atom is -0.486 e. The molecule has 0 fully saturated rings. The molecular formula is C12H17NO5. The highest BCUT2D eigenvalue weighted by molar-refractivity contribution is 5.57. The fourth-order valence-electron chi connectivity index (χ4n) is 1.48. The lowest BCUT2D eigenvalue weighted by molar-refractivity contribution is -0.385. The van der Waals surface area contributed by atoms with Crippen LogP contribution in [-0.2, 0) is 0 Å². The molecule has 1 atom stereocenters. The summed E-state index contributed by atoms with van der Waals surface area (Å²) in [5.41, 5.74) is 0.00610. The maximum Gasteiger partial charge on any atom is 0.276 e. The Morgan fingerprint density at radius 1 is 1.61 bits per heavy atom. The number of nitro benzene ring substituents is 1. The zero-order chi connectivity index (χ0) is 14.4. The lowest BCUT2D eigenvalue weighted by Gasteiger charge is -2.26. The second kappa shape index (κ2) is 6.20. The molecule has 1 aromatic carbocycles. The smallest absolute Gasteiger partial charge is 0.276 e. The molecule has 0 aromatic heterocycles. The second-order valence-electron chi connectivity index (χ2n) is 3.38. The van der Waals surface area contributed by atoms with E-state index in [4.69, 9.17) is 16.0 Å². The van der Waals surface area contributed by atoms with Crippen molar-refractivity contribution in [2.45, 2.75) is 26.9 Å². The predicted octanol–water partition coefficient (Wildman–Crippen LogP) is 2.06. The largest absolute Gasteiger partial charge is 0.486 e. The van der Waals surface area contributed by atoms with Crippen molar-refractivity contribution in [1.82, 2.24) is 0 Å². The number of rotatable bonds is 2. The molecule has 0 bridgehead atoms. The molecule has 0 amide bonds. The topological polar surface area (TPSA) is 81.8 Å². The van der Waals surface area contributed by atoms with E-state index in [1.807, 2.05) is 13.8 Å². The van der Waals surface area contributed by atoms with Gasteiger partial charge in [0.1, 0.15) is 6.61 Å². The number of nitrogens with zero attached hydrogens (tertiary/aromatic N) is 1. The van der Waals surface area contributed by atoms with Gasteiger partial charge in [-0.15, -0.1) is 0 Å². The molecule has 1 aromatic rings. The van der Waals surface area contributed by atoms with Gasteiger partial charge in [-0.3, -0.25) is 10.1 Å². The highest BCUT2D eigenvalue weighted by Gasteiger charge is 2.26. The summed E-state index contributed by atoms with van der Waals surface area (Å²) in [5.74, 6) is 0.571. The lowest BCUT2D eigenvalue weighted by Crippen LogP contribution is -2.32. The first kappa shape index (κ1) is 12.6. The van der Waals surface area contributed by atoms with Crippen LogP contribution < -0.4 is 9.47 Å². The maximum atomic E-state index is 10.8. The summed E-state index contributed by atoms with van der Waals surface area (Å²) < 4.78 is 18.0. The molecule has 100 valence electrons. The summed E-state index contributed by atoms with van der Waals surface area (Å²) in [6, 6.07) is 2.74. The van der Waals surface area contributed by atoms with Crippen molar-refractivity contribution in [3.63, 3.8) is 0 Å². The van der Waals surface area contributed by atoms with Crippen molar-refractivity contribution in [3.05, 3.63) is 27.8 Å². The SMILES string of the molecule is CC.[2H]Cc1c([N+](=O)[O-])ccc2c1OC(CO)CO2.